The van der Waals surface area contributed by atoms with E-state index in [-0.39, 0.29) is 0 Å². The summed E-state index contributed by atoms with van der Waals surface area (Å²) in [6, 6.07) is -0.678. The second kappa shape index (κ2) is 7.74. The minimum absolute atomic E-state index is 0.318. The molecule has 1 aliphatic carbocycles. The fraction of sp³-hybridized carbons (Fsp3) is 0.750. The molecular weight excluding hydrogens is 218 g/mol. The molecule has 0 bridgehead atoms. The van der Waals surface area contributed by atoms with Crippen LogP contribution in [0.2, 0.25) is 0 Å². The monoisotopic (exact) mass is 237 g/mol. The number of nitrogens with zero attached hydrogens (tertiary/aromatic N) is 3. The van der Waals surface area contributed by atoms with Crippen molar-refractivity contribution in [1.82, 2.24) is 0 Å². The lowest BCUT2D eigenvalue weighted by atomic mass is 9.95. The molecule has 0 saturated heterocycles. The zero-order valence-corrected chi connectivity index (χ0v) is 10.3. The Morgan fingerprint density at radius 3 is 3.06 bits per heavy atom. The van der Waals surface area contributed by atoms with Crippen molar-refractivity contribution in [3.8, 4) is 0 Å². The number of esters is 1. The summed E-state index contributed by atoms with van der Waals surface area (Å²) in [5, 5.41) is 3.51. The quantitative estimate of drug-likeness (QED) is 0.233. The molecular formula is C12H19N3O2. The van der Waals surface area contributed by atoms with Gasteiger partial charge >= 0.3 is 5.97 Å². The van der Waals surface area contributed by atoms with Gasteiger partial charge < -0.3 is 4.74 Å². The molecule has 17 heavy (non-hydrogen) atoms. The predicted molar refractivity (Wildman–Crippen MR) is 65.4 cm³/mol. The van der Waals surface area contributed by atoms with Gasteiger partial charge in [-0.05, 0) is 51.0 Å². The van der Waals surface area contributed by atoms with Crippen molar-refractivity contribution in [3.63, 3.8) is 0 Å². The lowest BCUT2D eigenvalue weighted by Gasteiger charge is -2.14. The fourth-order valence-electron chi connectivity index (χ4n) is 1.98. The molecule has 0 radical (unpaired) electrons. The van der Waals surface area contributed by atoms with Gasteiger partial charge in [0.2, 0.25) is 0 Å². The summed E-state index contributed by atoms with van der Waals surface area (Å²) in [5.41, 5.74) is 9.80. The first-order valence-corrected chi connectivity index (χ1v) is 6.16. The van der Waals surface area contributed by atoms with Gasteiger partial charge in [0.25, 0.3) is 0 Å². The van der Waals surface area contributed by atoms with E-state index in [1.807, 2.05) is 0 Å². The van der Waals surface area contributed by atoms with Crippen molar-refractivity contribution in [2.45, 2.75) is 51.5 Å². The van der Waals surface area contributed by atoms with Crippen molar-refractivity contribution in [3.05, 3.63) is 22.1 Å². The lowest BCUT2D eigenvalue weighted by molar-refractivity contribution is -0.144. The first-order valence-electron chi connectivity index (χ1n) is 6.16. The van der Waals surface area contributed by atoms with E-state index < -0.39 is 12.0 Å². The molecule has 1 aliphatic rings. The average Bonchev–Trinajstić information content (AvgIpc) is 2.36. The highest BCUT2D eigenvalue weighted by Gasteiger charge is 2.18. The third kappa shape index (κ3) is 4.91. The van der Waals surface area contributed by atoms with E-state index in [2.05, 4.69) is 16.1 Å². The van der Waals surface area contributed by atoms with Gasteiger partial charge in [-0.1, -0.05) is 16.8 Å². The van der Waals surface area contributed by atoms with E-state index in [0.29, 0.717) is 13.0 Å². The molecule has 0 spiro atoms. The van der Waals surface area contributed by atoms with E-state index in [9.17, 15) is 4.79 Å². The normalized spacial score (nSPS) is 16.6. The number of allylic oxidation sites excluding steroid dienone is 2. The molecule has 0 aromatic carbocycles. The summed E-state index contributed by atoms with van der Waals surface area (Å²) < 4.78 is 4.87. The van der Waals surface area contributed by atoms with Gasteiger partial charge in [-0.2, -0.15) is 0 Å². The molecule has 0 heterocycles. The van der Waals surface area contributed by atoms with Crippen LogP contribution in [0, 0.1) is 0 Å². The molecule has 5 nitrogen and oxygen atoms in total. The minimum atomic E-state index is -0.678. The topological polar surface area (TPSA) is 75.1 Å². The molecule has 0 N–H and O–H groups in total. The Labute approximate surface area is 101 Å². The Morgan fingerprint density at radius 1 is 1.65 bits per heavy atom. The number of ether oxygens (including phenoxy) is 1. The molecule has 1 unspecified atom stereocenters. The van der Waals surface area contributed by atoms with Crippen molar-refractivity contribution < 1.29 is 9.53 Å². The number of rotatable bonds is 6. The first-order chi connectivity index (χ1) is 8.27. The van der Waals surface area contributed by atoms with Gasteiger partial charge in [0, 0.05) is 4.91 Å². The van der Waals surface area contributed by atoms with Crippen molar-refractivity contribution in [1.29, 1.82) is 0 Å². The molecule has 0 aromatic heterocycles. The summed E-state index contributed by atoms with van der Waals surface area (Å²) in [7, 11) is 0. The maximum absolute atomic E-state index is 11.5. The molecule has 1 atom stereocenters. The van der Waals surface area contributed by atoms with Crippen molar-refractivity contribution in [2.24, 2.45) is 5.11 Å². The maximum Gasteiger partial charge on any atom is 0.314 e. The van der Waals surface area contributed by atoms with Crippen LogP contribution in [-0.2, 0) is 9.53 Å². The second-order valence-corrected chi connectivity index (χ2v) is 4.12. The highest BCUT2D eigenvalue weighted by Crippen LogP contribution is 2.22. The molecule has 5 heteroatoms. The van der Waals surface area contributed by atoms with Crippen LogP contribution < -0.4 is 0 Å². The van der Waals surface area contributed by atoms with Crippen LogP contribution in [-0.4, -0.2) is 18.6 Å². The largest absolute Gasteiger partial charge is 0.466 e. The van der Waals surface area contributed by atoms with Crippen LogP contribution in [0.3, 0.4) is 0 Å². The number of carbonyl (C=O) groups excluding carboxylic acids is 1. The molecule has 0 saturated carbocycles. The van der Waals surface area contributed by atoms with Crippen LogP contribution in [0.4, 0.5) is 0 Å². The Bertz CT molecular complexity index is 333. The second-order valence-electron chi connectivity index (χ2n) is 4.12. The summed E-state index contributed by atoms with van der Waals surface area (Å²) in [5.74, 6) is -0.415. The summed E-state index contributed by atoms with van der Waals surface area (Å²) >= 11 is 0. The third-order valence-corrected chi connectivity index (χ3v) is 2.87. The Kier molecular flexibility index (Phi) is 6.18. The zero-order chi connectivity index (χ0) is 12.5. The third-order valence-electron chi connectivity index (χ3n) is 2.87. The molecule has 0 aliphatic heterocycles. The fourth-order valence-corrected chi connectivity index (χ4v) is 1.98. The van der Waals surface area contributed by atoms with Gasteiger partial charge in [0.15, 0.2) is 0 Å². The van der Waals surface area contributed by atoms with Crippen molar-refractivity contribution in [2.75, 3.05) is 6.61 Å². The Morgan fingerprint density at radius 2 is 2.47 bits per heavy atom. The van der Waals surface area contributed by atoms with E-state index in [1.165, 1.54) is 18.4 Å². The molecule has 94 valence electrons. The number of hydrogen-bond donors (Lipinski definition) is 0. The van der Waals surface area contributed by atoms with Gasteiger partial charge in [-0.25, -0.2) is 0 Å². The van der Waals surface area contributed by atoms with Crippen molar-refractivity contribution >= 4 is 5.97 Å². The Balaban J connectivity index is 2.46. The number of azide groups is 1. The average molecular weight is 237 g/mol. The van der Waals surface area contributed by atoms with E-state index in [4.69, 9.17) is 10.3 Å². The summed E-state index contributed by atoms with van der Waals surface area (Å²) in [4.78, 5) is 14.2. The van der Waals surface area contributed by atoms with Crippen LogP contribution in [0.25, 0.3) is 10.4 Å². The molecule has 0 aromatic rings. The first kappa shape index (κ1) is 13.6. The summed E-state index contributed by atoms with van der Waals surface area (Å²) in [6.45, 7) is 2.06. The van der Waals surface area contributed by atoms with Gasteiger partial charge in [-0.3, -0.25) is 4.79 Å². The SMILES string of the molecule is CCOC(=O)C(CCC1=CCCCC1)N=[N+]=[N-]. The van der Waals surface area contributed by atoms with E-state index in [0.717, 1.165) is 19.3 Å². The Hall–Kier alpha value is -1.48. The molecule has 0 fully saturated rings. The lowest BCUT2D eigenvalue weighted by Crippen LogP contribution is -2.21. The predicted octanol–water partition coefficient (Wildman–Crippen LogP) is 3.51. The van der Waals surface area contributed by atoms with Gasteiger partial charge in [0.05, 0.1) is 6.61 Å². The van der Waals surface area contributed by atoms with Gasteiger partial charge in [0.1, 0.15) is 6.04 Å². The molecule has 0 amide bonds. The van der Waals surface area contributed by atoms with E-state index in [1.54, 1.807) is 6.92 Å². The number of hydrogen-bond acceptors (Lipinski definition) is 3. The molecule has 1 rings (SSSR count). The highest BCUT2D eigenvalue weighted by molar-refractivity contribution is 5.75. The minimum Gasteiger partial charge on any atom is -0.466 e. The van der Waals surface area contributed by atoms with Crippen LogP contribution in [0.1, 0.15) is 45.4 Å². The number of carbonyl (C=O) groups is 1. The van der Waals surface area contributed by atoms with Crippen LogP contribution in [0.15, 0.2) is 16.8 Å². The van der Waals surface area contributed by atoms with E-state index >= 15 is 0 Å². The summed E-state index contributed by atoms with van der Waals surface area (Å²) in [6.07, 6.45) is 8.31. The highest BCUT2D eigenvalue weighted by atomic mass is 16.5. The van der Waals surface area contributed by atoms with Crippen LogP contribution in [0.5, 0.6) is 0 Å². The van der Waals surface area contributed by atoms with Crippen LogP contribution >= 0.6 is 0 Å². The smallest absolute Gasteiger partial charge is 0.314 e. The maximum atomic E-state index is 11.5. The zero-order valence-electron chi connectivity index (χ0n) is 10.3. The van der Waals surface area contributed by atoms with Gasteiger partial charge in [-0.15, -0.1) is 0 Å². The standard InChI is InChI=1S/C12H19N3O2/c1-2-17-12(16)11(14-15-13)9-8-10-6-4-3-5-7-10/h6,11H,2-5,7-9H2,1H3.